The Kier molecular flexibility index (Phi) is 4.49. The van der Waals surface area contributed by atoms with Gasteiger partial charge in [0.1, 0.15) is 0 Å². The minimum Gasteiger partial charge on any atom is -0.373 e. The summed E-state index contributed by atoms with van der Waals surface area (Å²) in [6.07, 6.45) is 7.08. The fourth-order valence-corrected chi connectivity index (χ4v) is 4.26. The minimum atomic E-state index is 0.436. The van der Waals surface area contributed by atoms with Crippen LogP contribution >= 0.6 is 15.9 Å². The van der Waals surface area contributed by atoms with Crippen LogP contribution in [0.2, 0.25) is 0 Å². The van der Waals surface area contributed by atoms with E-state index in [1.807, 2.05) is 0 Å². The third-order valence-electron chi connectivity index (χ3n) is 5.13. The molecule has 1 spiro atoms. The van der Waals surface area contributed by atoms with Gasteiger partial charge in [0.05, 0.1) is 12.7 Å². The summed E-state index contributed by atoms with van der Waals surface area (Å²) < 4.78 is 7.39. The van der Waals surface area contributed by atoms with Crippen LogP contribution in [0.5, 0.6) is 0 Å². The van der Waals surface area contributed by atoms with Crippen LogP contribution in [0.25, 0.3) is 0 Å². The second-order valence-electron chi connectivity index (χ2n) is 6.21. The Morgan fingerprint density at radius 2 is 1.95 bits per heavy atom. The zero-order chi connectivity index (χ0) is 14.0. The van der Waals surface area contributed by atoms with E-state index in [2.05, 4.69) is 52.4 Å². The number of halogens is 1. The first-order valence-electron chi connectivity index (χ1n) is 7.84. The van der Waals surface area contributed by atoms with E-state index >= 15 is 0 Å². The van der Waals surface area contributed by atoms with Gasteiger partial charge >= 0.3 is 0 Å². The molecule has 2 aliphatic carbocycles. The Morgan fingerprint density at radius 3 is 2.60 bits per heavy atom. The van der Waals surface area contributed by atoms with Gasteiger partial charge in [-0.15, -0.1) is 0 Å². The standard InChI is InChI=1S/C17H24BrNO/c1-2-19-15-11-16(17(15)9-3-4-10-17)20-12-13-5-7-14(18)8-6-13/h5-8,15-16,19H,2-4,9-12H2,1H3. The van der Waals surface area contributed by atoms with E-state index in [-0.39, 0.29) is 0 Å². The van der Waals surface area contributed by atoms with E-state index in [4.69, 9.17) is 4.74 Å². The molecular weight excluding hydrogens is 314 g/mol. The molecule has 1 aromatic carbocycles. The highest BCUT2D eigenvalue weighted by molar-refractivity contribution is 9.10. The molecule has 2 atom stereocenters. The van der Waals surface area contributed by atoms with E-state index in [0.29, 0.717) is 17.6 Å². The molecule has 0 bridgehead atoms. The van der Waals surface area contributed by atoms with Crippen molar-refractivity contribution in [2.24, 2.45) is 5.41 Å². The van der Waals surface area contributed by atoms with Crippen LogP contribution in [0.4, 0.5) is 0 Å². The van der Waals surface area contributed by atoms with Gasteiger partial charge in [0.25, 0.3) is 0 Å². The molecule has 0 radical (unpaired) electrons. The summed E-state index contributed by atoms with van der Waals surface area (Å²) >= 11 is 3.48. The number of benzene rings is 1. The van der Waals surface area contributed by atoms with Gasteiger partial charge in [0.2, 0.25) is 0 Å². The Labute approximate surface area is 130 Å². The smallest absolute Gasteiger partial charge is 0.0720 e. The summed E-state index contributed by atoms with van der Waals surface area (Å²) in [5.74, 6) is 0. The monoisotopic (exact) mass is 337 g/mol. The second-order valence-corrected chi connectivity index (χ2v) is 7.13. The molecule has 0 aromatic heterocycles. The maximum Gasteiger partial charge on any atom is 0.0720 e. The van der Waals surface area contributed by atoms with Gasteiger partial charge < -0.3 is 10.1 Å². The highest BCUT2D eigenvalue weighted by Gasteiger charge is 2.56. The zero-order valence-corrected chi connectivity index (χ0v) is 13.8. The second kappa shape index (κ2) is 6.17. The highest BCUT2D eigenvalue weighted by Crippen LogP contribution is 2.54. The lowest BCUT2D eigenvalue weighted by molar-refractivity contribution is -0.139. The summed E-state index contributed by atoms with van der Waals surface area (Å²) in [4.78, 5) is 0. The molecule has 3 rings (SSSR count). The first-order valence-corrected chi connectivity index (χ1v) is 8.63. The summed E-state index contributed by atoms with van der Waals surface area (Å²) in [6, 6.07) is 9.15. The lowest BCUT2D eigenvalue weighted by atomic mass is 9.60. The van der Waals surface area contributed by atoms with Crippen LogP contribution in [0, 0.1) is 5.41 Å². The van der Waals surface area contributed by atoms with Crippen molar-refractivity contribution in [3.8, 4) is 0 Å². The zero-order valence-electron chi connectivity index (χ0n) is 12.2. The van der Waals surface area contributed by atoms with Crippen molar-refractivity contribution in [3.63, 3.8) is 0 Å². The predicted octanol–water partition coefficient (Wildman–Crippen LogP) is 4.28. The quantitative estimate of drug-likeness (QED) is 0.865. The topological polar surface area (TPSA) is 21.3 Å². The van der Waals surface area contributed by atoms with Crippen molar-refractivity contribution >= 4 is 15.9 Å². The van der Waals surface area contributed by atoms with Gasteiger partial charge in [-0.25, -0.2) is 0 Å². The molecule has 2 unspecified atom stereocenters. The number of hydrogen-bond acceptors (Lipinski definition) is 2. The molecule has 1 aromatic rings. The molecule has 20 heavy (non-hydrogen) atoms. The Balaban J connectivity index is 1.59. The van der Waals surface area contributed by atoms with Crippen molar-refractivity contribution in [1.82, 2.24) is 5.32 Å². The lowest BCUT2D eigenvalue weighted by Gasteiger charge is -2.54. The molecule has 110 valence electrons. The molecule has 2 fully saturated rings. The van der Waals surface area contributed by atoms with E-state index in [0.717, 1.165) is 17.6 Å². The molecule has 2 saturated carbocycles. The van der Waals surface area contributed by atoms with E-state index < -0.39 is 0 Å². The number of rotatable bonds is 5. The van der Waals surface area contributed by atoms with Crippen molar-refractivity contribution in [2.45, 2.75) is 57.8 Å². The molecule has 0 amide bonds. The molecular formula is C17H24BrNO. The molecule has 2 nitrogen and oxygen atoms in total. The Bertz CT molecular complexity index is 439. The predicted molar refractivity (Wildman–Crippen MR) is 85.7 cm³/mol. The van der Waals surface area contributed by atoms with Crippen molar-refractivity contribution in [1.29, 1.82) is 0 Å². The maximum absolute atomic E-state index is 6.26. The normalized spacial score (nSPS) is 27.7. The van der Waals surface area contributed by atoms with Crippen molar-refractivity contribution in [2.75, 3.05) is 6.54 Å². The first-order chi connectivity index (χ1) is 9.74. The van der Waals surface area contributed by atoms with Gasteiger partial charge in [0.15, 0.2) is 0 Å². The third kappa shape index (κ3) is 2.68. The largest absolute Gasteiger partial charge is 0.373 e. The number of nitrogens with one attached hydrogen (secondary N) is 1. The third-order valence-corrected chi connectivity index (χ3v) is 5.66. The summed E-state index contributed by atoms with van der Waals surface area (Å²) in [5.41, 5.74) is 1.71. The average Bonchev–Trinajstić information content (AvgIpc) is 2.96. The van der Waals surface area contributed by atoms with Crippen LogP contribution < -0.4 is 5.32 Å². The van der Waals surface area contributed by atoms with Gasteiger partial charge in [-0.3, -0.25) is 0 Å². The van der Waals surface area contributed by atoms with Gasteiger partial charge in [-0.05, 0) is 43.5 Å². The van der Waals surface area contributed by atoms with E-state index in [1.165, 1.54) is 37.7 Å². The molecule has 0 saturated heterocycles. The van der Waals surface area contributed by atoms with Crippen LogP contribution in [-0.2, 0) is 11.3 Å². The molecule has 0 aliphatic heterocycles. The molecule has 0 heterocycles. The molecule has 2 aliphatic rings. The Hall–Kier alpha value is -0.380. The maximum atomic E-state index is 6.26. The van der Waals surface area contributed by atoms with Crippen LogP contribution in [-0.4, -0.2) is 18.7 Å². The number of ether oxygens (including phenoxy) is 1. The van der Waals surface area contributed by atoms with Crippen LogP contribution in [0.15, 0.2) is 28.7 Å². The lowest BCUT2D eigenvalue weighted by Crippen LogP contribution is -2.62. The SMILES string of the molecule is CCNC1CC(OCc2ccc(Br)cc2)C12CCCC2. The van der Waals surface area contributed by atoms with Crippen molar-refractivity contribution < 1.29 is 4.74 Å². The molecule has 1 N–H and O–H groups in total. The average molecular weight is 338 g/mol. The number of hydrogen-bond donors (Lipinski definition) is 1. The van der Waals surface area contributed by atoms with E-state index in [1.54, 1.807) is 0 Å². The fourth-order valence-electron chi connectivity index (χ4n) is 4.00. The minimum absolute atomic E-state index is 0.436. The van der Waals surface area contributed by atoms with Crippen LogP contribution in [0.3, 0.4) is 0 Å². The van der Waals surface area contributed by atoms with Gasteiger partial charge in [0, 0.05) is 15.9 Å². The van der Waals surface area contributed by atoms with Gasteiger partial charge in [-0.2, -0.15) is 0 Å². The van der Waals surface area contributed by atoms with Crippen LogP contribution in [0.1, 0.15) is 44.6 Å². The van der Waals surface area contributed by atoms with Crippen molar-refractivity contribution in [3.05, 3.63) is 34.3 Å². The molecule has 3 heteroatoms. The Morgan fingerprint density at radius 1 is 1.25 bits per heavy atom. The first kappa shape index (κ1) is 14.6. The fraction of sp³-hybridized carbons (Fsp3) is 0.647. The summed E-state index contributed by atoms with van der Waals surface area (Å²) in [5, 5.41) is 3.66. The highest BCUT2D eigenvalue weighted by atomic mass is 79.9. The summed E-state index contributed by atoms with van der Waals surface area (Å²) in [6.45, 7) is 4.03. The van der Waals surface area contributed by atoms with E-state index in [9.17, 15) is 0 Å². The van der Waals surface area contributed by atoms with Gasteiger partial charge in [-0.1, -0.05) is 47.8 Å². The summed E-state index contributed by atoms with van der Waals surface area (Å²) in [7, 11) is 0.